The number of amides is 1. The van der Waals surface area contributed by atoms with Crippen LogP contribution in [0.2, 0.25) is 0 Å². The molecule has 0 saturated carbocycles. The minimum atomic E-state index is -0.674. The van der Waals surface area contributed by atoms with Gasteiger partial charge in [-0.2, -0.15) is 0 Å². The zero-order valence-electron chi connectivity index (χ0n) is 10.0. The number of fused-ring (bicyclic) bond motifs is 1. The van der Waals surface area contributed by atoms with Crippen LogP contribution in [0.5, 0.6) is 0 Å². The van der Waals surface area contributed by atoms with Crippen molar-refractivity contribution < 1.29 is 19.4 Å². The monoisotopic (exact) mass is 249 g/mol. The first-order valence-corrected chi connectivity index (χ1v) is 5.67. The highest BCUT2D eigenvalue weighted by atomic mass is 16.3. The third-order valence-electron chi connectivity index (χ3n) is 2.67. The Balaban J connectivity index is 2.23. The Hall–Kier alpha value is -1.85. The van der Waals surface area contributed by atoms with Crippen LogP contribution in [0.1, 0.15) is 16.1 Å². The molecule has 2 rings (SSSR count). The van der Waals surface area contributed by atoms with Crippen LogP contribution < -0.4 is 5.32 Å². The molecule has 1 aromatic carbocycles. The van der Waals surface area contributed by atoms with Gasteiger partial charge in [-0.15, -0.1) is 0 Å². The van der Waals surface area contributed by atoms with Crippen LogP contribution in [-0.4, -0.2) is 35.4 Å². The lowest BCUT2D eigenvalue weighted by Crippen LogP contribution is -2.39. The number of hydrogen-bond donors (Lipinski definition) is 3. The van der Waals surface area contributed by atoms with Crippen molar-refractivity contribution in [3.8, 4) is 0 Å². The number of carbonyl (C=O) groups is 1. The van der Waals surface area contributed by atoms with Gasteiger partial charge < -0.3 is 19.9 Å². The Kier molecular flexibility index (Phi) is 3.64. The second-order valence-electron chi connectivity index (χ2n) is 4.19. The molecule has 0 saturated heterocycles. The van der Waals surface area contributed by atoms with Crippen molar-refractivity contribution >= 4 is 16.9 Å². The summed E-state index contributed by atoms with van der Waals surface area (Å²) in [6, 6.07) is 6.59. The topological polar surface area (TPSA) is 82.7 Å². The molecule has 1 heterocycles. The van der Waals surface area contributed by atoms with Gasteiger partial charge in [-0.25, -0.2) is 0 Å². The fourth-order valence-electron chi connectivity index (χ4n) is 1.68. The van der Waals surface area contributed by atoms with Gasteiger partial charge in [0.25, 0.3) is 5.91 Å². The summed E-state index contributed by atoms with van der Waals surface area (Å²) >= 11 is 0. The molecule has 2 aromatic rings. The lowest BCUT2D eigenvalue weighted by atomic mass is 10.2. The molecule has 0 spiro atoms. The molecule has 0 radical (unpaired) electrons. The Morgan fingerprint density at radius 3 is 2.72 bits per heavy atom. The molecular formula is C13H15NO4. The molecule has 0 unspecified atom stereocenters. The Bertz CT molecular complexity index is 557. The standard InChI is InChI=1S/C13H15NO4/c1-8-2-3-11-9(4-8)5-12(18-11)13(17)14-10(6-15)7-16/h2-5,10,15-16H,6-7H2,1H3,(H,14,17). The number of hydrogen-bond acceptors (Lipinski definition) is 4. The first-order valence-electron chi connectivity index (χ1n) is 5.67. The highest BCUT2D eigenvalue weighted by Crippen LogP contribution is 2.20. The molecule has 0 aliphatic heterocycles. The second-order valence-corrected chi connectivity index (χ2v) is 4.19. The number of aryl methyl sites for hydroxylation is 1. The van der Waals surface area contributed by atoms with Gasteiger partial charge >= 0.3 is 0 Å². The van der Waals surface area contributed by atoms with Crippen LogP contribution in [0.15, 0.2) is 28.7 Å². The smallest absolute Gasteiger partial charge is 0.287 e. The molecule has 0 atom stereocenters. The molecule has 5 heteroatoms. The summed E-state index contributed by atoms with van der Waals surface area (Å²) in [4.78, 5) is 11.8. The molecule has 1 amide bonds. The summed E-state index contributed by atoms with van der Waals surface area (Å²) in [6.45, 7) is 1.32. The van der Waals surface area contributed by atoms with Crippen molar-refractivity contribution in [2.24, 2.45) is 0 Å². The third-order valence-corrected chi connectivity index (χ3v) is 2.67. The molecular weight excluding hydrogens is 234 g/mol. The predicted molar refractivity (Wildman–Crippen MR) is 66.4 cm³/mol. The van der Waals surface area contributed by atoms with E-state index in [1.165, 1.54) is 0 Å². The van der Waals surface area contributed by atoms with E-state index in [1.807, 2.05) is 19.1 Å². The molecule has 1 aromatic heterocycles. The summed E-state index contributed by atoms with van der Waals surface area (Å²) in [7, 11) is 0. The van der Waals surface area contributed by atoms with Gasteiger partial charge in [0.05, 0.1) is 19.3 Å². The van der Waals surface area contributed by atoms with E-state index in [0.717, 1.165) is 10.9 Å². The number of nitrogens with one attached hydrogen (secondary N) is 1. The van der Waals surface area contributed by atoms with E-state index in [2.05, 4.69) is 5.32 Å². The fourth-order valence-corrected chi connectivity index (χ4v) is 1.68. The third kappa shape index (κ3) is 2.52. The minimum absolute atomic E-state index is 0.169. The summed E-state index contributed by atoms with van der Waals surface area (Å²) < 4.78 is 5.40. The fraction of sp³-hybridized carbons (Fsp3) is 0.308. The zero-order chi connectivity index (χ0) is 13.1. The number of benzene rings is 1. The van der Waals surface area contributed by atoms with E-state index in [-0.39, 0.29) is 19.0 Å². The maximum absolute atomic E-state index is 11.8. The summed E-state index contributed by atoms with van der Waals surface area (Å²) in [5.41, 5.74) is 1.72. The summed E-state index contributed by atoms with van der Waals surface area (Å²) in [5.74, 6) is -0.278. The van der Waals surface area contributed by atoms with E-state index < -0.39 is 11.9 Å². The molecule has 18 heavy (non-hydrogen) atoms. The van der Waals surface area contributed by atoms with E-state index >= 15 is 0 Å². The van der Waals surface area contributed by atoms with Crippen LogP contribution in [0.3, 0.4) is 0 Å². The molecule has 0 aliphatic carbocycles. The molecule has 96 valence electrons. The quantitative estimate of drug-likeness (QED) is 0.749. The maximum Gasteiger partial charge on any atom is 0.287 e. The van der Waals surface area contributed by atoms with Gasteiger partial charge in [0.15, 0.2) is 5.76 Å². The number of aliphatic hydroxyl groups excluding tert-OH is 2. The van der Waals surface area contributed by atoms with Gasteiger partial charge in [-0.05, 0) is 25.1 Å². The summed E-state index contributed by atoms with van der Waals surface area (Å²) in [5, 5.41) is 21.1. The molecule has 0 bridgehead atoms. The number of furan rings is 1. The lowest BCUT2D eigenvalue weighted by Gasteiger charge is -2.11. The first-order chi connectivity index (χ1) is 8.63. The van der Waals surface area contributed by atoms with Gasteiger partial charge in [0.2, 0.25) is 0 Å². The number of aliphatic hydroxyl groups is 2. The Morgan fingerprint density at radius 1 is 1.33 bits per heavy atom. The van der Waals surface area contributed by atoms with Crippen LogP contribution in [-0.2, 0) is 0 Å². The minimum Gasteiger partial charge on any atom is -0.451 e. The van der Waals surface area contributed by atoms with E-state index in [0.29, 0.717) is 5.58 Å². The van der Waals surface area contributed by atoms with E-state index in [4.69, 9.17) is 14.6 Å². The maximum atomic E-state index is 11.8. The SMILES string of the molecule is Cc1ccc2oc(C(=O)NC(CO)CO)cc2c1. The van der Waals surface area contributed by atoms with E-state index in [9.17, 15) is 4.79 Å². The lowest BCUT2D eigenvalue weighted by molar-refractivity contribution is 0.0854. The van der Waals surface area contributed by atoms with Gasteiger partial charge in [0, 0.05) is 5.39 Å². The van der Waals surface area contributed by atoms with Crippen molar-refractivity contribution in [3.05, 3.63) is 35.6 Å². The van der Waals surface area contributed by atoms with Gasteiger partial charge in [0.1, 0.15) is 5.58 Å². The van der Waals surface area contributed by atoms with Crippen LogP contribution in [0.4, 0.5) is 0 Å². The largest absolute Gasteiger partial charge is 0.451 e. The first kappa shape index (κ1) is 12.6. The Morgan fingerprint density at radius 2 is 2.06 bits per heavy atom. The molecule has 0 aliphatic rings. The van der Waals surface area contributed by atoms with Crippen LogP contribution >= 0.6 is 0 Å². The normalized spacial score (nSPS) is 11.1. The van der Waals surface area contributed by atoms with Crippen LogP contribution in [0.25, 0.3) is 11.0 Å². The zero-order valence-corrected chi connectivity index (χ0v) is 10.0. The van der Waals surface area contributed by atoms with Crippen LogP contribution in [0, 0.1) is 6.92 Å². The van der Waals surface area contributed by atoms with Gasteiger partial charge in [-0.3, -0.25) is 4.79 Å². The van der Waals surface area contributed by atoms with Gasteiger partial charge in [-0.1, -0.05) is 11.6 Å². The highest BCUT2D eigenvalue weighted by Gasteiger charge is 2.16. The average Bonchev–Trinajstić information content (AvgIpc) is 2.78. The van der Waals surface area contributed by atoms with Crippen molar-refractivity contribution in [2.45, 2.75) is 13.0 Å². The second kappa shape index (κ2) is 5.20. The molecule has 0 fully saturated rings. The summed E-state index contributed by atoms with van der Waals surface area (Å²) in [6.07, 6.45) is 0. The van der Waals surface area contributed by atoms with Crippen molar-refractivity contribution in [3.63, 3.8) is 0 Å². The molecule has 5 nitrogen and oxygen atoms in total. The van der Waals surface area contributed by atoms with Crippen molar-refractivity contribution in [2.75, 3.05) is 13.2 Å². The Labute approximate surface area is 104 Å². The van der Waals surface area contributed by atoms with E-state index in [1.54, 1.807) is 12.1 Å². The number of carbonyl (C=O) groups excluding carboxylic acids is 1. The van der Waals surface area contributed by atoms with Crippen molar-refractivity contribution in [1.82, 2.24) is 5.32 Å². The predicted octanol–water partition coefficient (Wildman–Crippen LogP) is 0.824. The average molecular weight is 249 g/mol. The highest BCUT2D eigenvalue weighted by molar-refractivity contribution is 5.96. The van der Waals surface area contributed by atoms with Crippen molar-refractivity contribution in [1.29, 1.82) is 0 Å². The molecule has 3 N–H and O–H groups in total. The number of rotatable bonds is 4.